The van der Waals surface area contributed by atoms with Crippen molar-refractivity contribution >= 4 is 39.6 Å². The Morgan fingerprint density at radius 3 is 2.59 bits per heavy atom. The smallest absolute Gasteiger partial charge is 0.254 e. The number of imidazole rings is 1. The minimum atomic E-state index is -0.287. The van der Waals surface area contributed by atoms with Crippen LogP contribution >= 0.6 is 0 Å². The van der Waals surface area contributed by atoms with E-state index in [0.717, 1.165) is 27.9 Å². The maximum atomic E-state index is 12.8. The summed E-state index contributed by atoms with van der Waals surface area (Å²) in [7, 11) is 1.60. The third-order valence-electron chi connectivity index (χ3n) is 5.62. The monoisotopic (exact) mass is 453 g/mol. The van der Waals surface area contributed by atoms with Crippen molar-refractivity contribution in [3.63, 3.8) is 0 Å². The molecule has 0 bridgehead atoms. The second-order valence-corrected chi connectivity index (χ2v) is 8.00. The molecule has 0 radical (unpaired) electrons. The molecule has 2 amide bonds. The molecule has 2 heterocycles. The zero-order valence-corrected chi connectivity index (χ0v) is 18.8. The number of nitrogens with one attached hydrogen (secondary N) is 2. The Kier molecular flexibility index (Phi) is 5.51. The van der Waals surface area contributed by atoms with Crippen molar-refractivity contribution in [3.8, 4) is 11.4 Å². The number of carbonyl (C=O) groups is 2. The normalized spacial score (nSPS) is 11.1. The van der Waals surface area contributed by atoms with Crippen LogP contribution in [0.4, 0.5) is 5.69 Å². The van der Waals surface area contributed by atoms with E-state index >= 15 is 0 Å². The largest absolute Gasteiger partial charge is 0.338 e. The van der Waals surface area contributed by atoms with Gasteiger partial charge in [0.25, 0.3) is 5.91 Å². The van der Waals surface area contributed by atoms with Crippen LogP contribution in [0.1, 0.15) is 17.3 Å². The lowest BCUT2D eigenvalue weighted by atomic mass is 10.1. The number of aromatic nitrogens is 5. The first-order valence-corrected chi connectivity index (χ1v) is 11.0. The highest BCUT2D eigenvalue weighted by atomic mass is 16.2. The van der Waals surface area contributed by atoms with E-state index in [-0.39, 0.29) is 18.4 Å². The molecule has 0 fully saturated rings. The van der Waals surface area contributed by atoms with Gasteiger partial charge in [-0.25, -0.2) is 9.67 Å². The molecule has 0 aliphatic carbocycles. The molecule has 0 atom stereocenters. The summed E-state index contributed by atoms with van der Waals surface area (Å²) >= 11 is 0. The van der Waals surface area contributed by atoms with Crippen LogP contribution < -0.4 is 5.32 Å². The van der Waals surface area contributed by atoms with Gasteiger partial charge in [-0.2, -0.15) is 0 Å². The van der Waals surface area contributed by atoms with Gasteiger partial charge in [0.05, 0.1) is 23.1 Å². The topological polar surface area (TPSA) is 109 Å². The molecule has 9 nitrogen and oxygen atoms in total. The maximum absolute atomic E-state index is 12.8. The van der Waals surface area contributed by atoms with Crippen molar-refractivity contribution in [1.29, 1.82) is 0 Å². The number of aryl methyl sites for hydroxylation is 1. The van der Waals surface area contributed by atoms with E-state index in [9.17, 15) is 9.59 Å². The Hall–Kier alpha value is -4.53. The highest BCUT2D eigenvalue weighted by Gasteiger charge is 2.17. The molecule has 5 rings (SSSR count). The zero-order chi connectivity index (χ0) is 23.7. The van der Waals surface area contributed by atoms with Crippen LogP contribution in [-0.4, -0.2) is 55.3 Å². The fourth-order valence-electron chi connectivity index (χ4n) is 3.85. The van der Waals surface area contributed by atoms with Crippen molar-refractivity contribution in [2.24, 2.45) is 0 Å². The van der Waals surface area contributed by atoms with Crippen LogP contribution in [0.5, 0.6) is 0 Å². The zero-order valence-electron chi connectivity index (χ0n) is 18.8. The average molecular weight is 454 g/mol. The van der Waals surface area contributed by atoms with Crippen molar-refractivity contribution < 1.29 is 9.59 Å². The van der Waals surface area contributed by atoms with E-state index in [2.05, 4.69) is 25.6 Å². The van der Waals surface area contributed by atoms with Crippen LogP contribution in [0.25, 0.3) is 33.5 Å². The summed E-state index contributed by atoms with van der Waals surface area (Å²) in [6.45, 7) is 2.60. The van der Waals surface area contributed by atoms with E-state index in [4.69, 9.17) is 0 Å². The lowest BCUT2D eigenvalue weighted by Gasteiger charge is -2.17. The molecule has 0 saturated heterocycles. The Bertz CT molecular complexity index is 1470. The molecule has 0 saturated carbocycles. The number of amides is 2. The van der Waals surface area contributed by atoms with Gasteiger partial charge in [0.2, 0.25) is 5.91 Å². The fourth-order valence-corrected chi connectivity index (χ4v) is 3.85. The lowest BCUT2D eigenvalue weighted by molar-refractivity contribution is -0.116. The molecule has 170 valence electrons. The third-order valence-corrected chi connectivity index (χ3v) is 5.62. The Morgan fingerprint density at radius 2 is 1.82 bits per heavy atom. The molecular weight excluding hydrogens is 430 g/mol. The minimum Gasteiger partial charge on any atom is -0.338 e. The van der Waals surface area contributed by atoms with Crippen molar-refractivity contribution in [2.75, 3.05) is 18.9 Å². The maximum Gasteiger partial charge on any atom is 0.254 e. The van der Waals surface area contributed by atoms with Gasteiger partial charge in [0.15, 0.2) is 0 Å². The van der Waals surface area contributed by atoms with Crippen LogP contribution in [0.2, 0.25) is 0 Å². The first kappa shape index (κ1) is 21.3. The molecular formula is C25H23N7O2. The number of fused-ring (bicyclic) bond motifs is 2. The number of aromatic amines is 1. The minimum absolute atomic E-state index is 0.0795. The molecule has 0 aliphatic heterocycles. The Labute approximate surface area is 195 Å². The number of para-hydroxylation sites is 2. The van der Waals surface area contributed by atoms with Gasteiger partial charge in [-0.15, -0.1) is 5.10 Å². The first-order chi connectivity index (χ1) is 16.5. The standard InChI is InChI=1S/C25H23N7O2/c1-3-32-22-13-10-17(14-21(22)29-30-32)25(34)31(2)15-23(33)26-18-11-8-16(9-12-18)24-27-19-6-4-5-7-20(19)28-24/h4-14H,3,15H2,1-2H3,(H,26,33)(H,27,28). The van der Waals surface area contributed by atoms with E-state index in [1.807, 2.05) is 61.5 Å². The number of hydrogen-bond donors (Lipinski definition) is 2. The number of carbonyl (C=O) groups excluding carboxylic acids is 2. The van der Waals surface area contributed by atoms with E-state index in [1.54, 1.807) is 23.9 Å². The average Bonchev–Trinajstić information content (AvgIpc) is 3.47. The van der Waals surface area contributed by atoms with Gasteiger partial charge in [-0.3, -0.25) is 9.59 Å². The van der Waals surface area contributed by atoms with E-state index in [0.29, 0.717) is 23.3 Å². The predicted molar refractivity (Wildman–Crippen MR) is 130 cm³/mol. The van der Waals surface area contributed by atoms with Gasteiger partial charge in [0, 0.05) is 30.4 Å². The van der Waals surface area contributed by atoms with Crippen LogP contribution in [0.15, 0.2) is 66.7 Å². The van der Waals surface area contributed by atoms with Gasteiger partial charge in [-0.05, 0) is 61.5 Å². The SMILES string of the molecule is CCn1nnc2cc(C(=O)N(C)CC(=O)Nc3ccc(-c4nc5ccccc5[nH]4)cc3)ccc21. The summed E-state index contributed by atoms with van der Waals surface area (Å²) < 4.78 is 1.76. The van der Waals surface area contributed by atoms with Crippen molar-refractivity contribution in [2.45, 2.75) is 13.5 Å². The highest BCUT2D eigenvalue weighted by Crippen LogP contribution is 2.22. The molecule has 34 heavy (non-hydrogen) atoms. The second-order valence-electron chi connectivity index (χ2n) is 8.00. The molecule has 3 aromatic carbocycles. The van der Waals surface area contributed by atoms with Gasteiger partial charge in [-0.1, -0.05) is 17.3 Å². The third kappa shape index (κ3) is 4.11. The van der Waals surface area contributed by atoms with Crippen LogP contribution in [-0.2, 0) is 11.3 Å². The number of H-pyrrole nitrogens is 1. The van der Waals surface area contributed by atoms with E-state index in [1.165, 1.54) is 4.90 Å². The van der Waals surface area contributed by atoms with Crippen LogP contribution in [0.3, 0.4) is 0 Å². The molecule has 9 heteroatoms. The van der Waals surface area contributed by atoms with Crippen LogP contribution in [0, 0.1) is 0 Å². The van der Waals surface area contributed by atoms with Crippen molar-refractivity contribution in [3.05, 3.63) is 72.3 Å². The quantitative estimate of drug-likeness (QED) is 0.407. The van der Waals surface area contributed by atoms with Gasteiger partial charge < -0.3 is 15.2 Å². The van der Waals surface area contributed by atoms with Gasteiger partial charge in [0.1, 0.15) is 11.3 Å². The first-order valence-electron chi connectivity index (χ1n) is 11.0. The Morgan fingerprint density at radius 1 is 1.03 bits per heavy atom. The number of anilines is 1. The number of rotatable bonds is 6. The van der Waals surface area contributed by atoms with Gasteiger partial charge >= 0.3 is 0 Å². The van der Waals surface area contributed by atoms with E-state index < -0.39 is 0 Å². The fraction of sp³-hybridized carbons (Fsp3) is 0.160. The lowest BCUT2D eigenvalue weighted by Crippen LogP contribution is -2.34. The number of nitrogens with zero attached hydrogens (tertiary/aromatic N) is 5. The van der Waals surface area contributed by atoms with Crippen molar-refractivity contribution in [1.82, 2.24) is 29.9 Å². The molecule has 2 N–H and O–H groups in total. The summed E-state index contributed by atoms with van der Waals surface area (Å²) in [5.74, 6) is 0.217. The summed E-state index contributed by atoms with van der Waals surface area (Å²) in [4.78, 5) is 34.6. The number of likely N-dealkylation sites (N-methyl/N-ethyl adjacent to an activating group) is 1. The molecule has 0 unspecified atom stereocenters. The number of benzene rings is 3. The summed E-state index contributed by atoms with van der Waals surface area (Å²) in [6, 6.07) is 20.5. The predicted octanol–water partition coefficient (Wildman–Crippen LogP) is 3.71. The highest BCUT2D eigenvalue weighted by molar-refractivity contribution is 6.00. The Balaban J connectivity index is 1.22. The summed E-state index contributed by atoms with van der Waals surface area (Å²) in [5, 5.41) is 11.0. The summed E-state index contributed by atoms with van der Waals surface area (Å²) in [6.07, 6.45) is 0. The summed E-state index contributed by atoms with van der Waals surface area (Å²) in [5.41, 5.74) is 5.40. The number of hydrogen-bond acceptors (Lipinski definition) is 5. The second kappa shape index (κ2) is 8.78. The molecule has 2 aromatic heterocycles. The molecule has 0 aliphatic rings. The molecule has 5 aromatic rings. The molecule has 0 spiro atoms.